The van der Waals surface area contributed by atoms with Gasteiger partial charge in [0.2, 0.25) is 5.91 Å². The van der Waals surface area contributed by atoms with Gasteiger partial charge in [0.25, 0.3) is 0 Å². The molecule has 0 aromatic carbocycles. The fraction of sp³-hybridized carbons (Fsp3) is 0.889. The Hall–Kier alpha value is 0.130. The second kappa shape index (κ2) is 6.58. The van der Waals surface area contributed by atoms with Crippen molar-refractivity contribution in [1.29, 1.82) is 0 Å². The molecule has 0 spiro atoms. The molecule has 0 aliphatic rings. The predicted molar refractivity (Wildman–Crippen MR) is 67.4 cm³/mol. The van der Waals surface area contributed by atoms with Crippen molar-refractivity contribution in [3.05, 3.63) is 0 Å². The largest absolute Gasteiger partial charge is 0.354 e. The van der Waals surface area contributed by atoms with E-state index in [1.807, 2.05) is 25.9 Å². The monoisotopic (exact) mass is 236 g/mol. The molecule has 3 nitrogen and oxygen atoms in total. The van der Waals surface area contributed by atoms with E-state index >= 15 is 0 Å². The van der Waals surface area contributed by atoms with E-state index in [0.717, 1.165) is 6.54 Å². The number of thiol groups is 2. The molecular weight excluding hydrogens is 216 g/mol. The van der Waals surface area contributed by atoms with Crippen LogP contribution < -0.4 is 5.32 Å². The maximum atomic E-state index is 11.7. The van der Waals surface area contributed by atoms with Gasteiger partial charge < -0.3 is 10.2 Å². The Labute approximate surface area is 97.4 Å². The summed E-state index contributed by atoms with van der Waals surface area (Å²) in [6.45, 7) is 3.39. The van der Waals surface area contributed by atoms with Crippen LogP contribution in [0.25, 0.3) is 0 Å². The van der Waals surface area contributed by atoms with Gasteiger partial charge in [-0.3, -0.25) is 4.79 Å². The van der Waals surface area contributed by atoms with Crippen molar-refractivity contribution in [2.24, 2.45) is 5.41 Å². The van der Waals surface area contributed by atoms with Crippen molar-refractivity contribution in [1.82, 2.24) is 10.2 Å². The van der Waals surface area contributed by atoms with E-state index < -0.39 is 5.41 Å². The maximum Gasteiger partial charge on any atom is 0.227 e. The Balaban J connectivity index is 3.94. The number of hydrogen-bond acceptors (Lipinski definition) is 4. The van der Waals surface area contributed by atoms with Gasteiger partial charge in [0.05, 0.1) is 5.41 Å². The van der Waals surface area contributed by atoms with Gasteiger partial charge in [-0.25, -0.2) is 0 Å². The molecule has 0 atom stereocenters. The summed E-state index contributed by atoms with van der Waals surface area (Å²) >= 11 is 8.33. The van der Waals surface area contributed by atoms with Gasteiger partial charge in [0.15, 0.2) is 0 Å². The second-order valence-electron chi connectivity index (χ2n) is 3.94. The van der Waals surface area contributed by atoms with Crippen LogP contribution in [0.3, 0.4) is 0 Å². The SMILES string of the molecule is CN(C)CCNC(=O)C(C)(CS)CS. The summed E-state index contributed by atoms with van der Waals surface area (Å²) in [5, 5.41) is 2.88. The molecule has 0 aromatic heterocycles. The average Bonchev–Trinajstić information content (AvgIpc) is 2.15. The third-order valence-electron chi connectivity index (χ3n) is 2.09. The second-order valence-corrected chi connectivity index (χ2v) is 4.57. The standard InChI is InChI=1S/C9H20N2OS2/c1-9(6-13,7-14)8(12)10-4-5-11(2)3/h13-14H,4-7H2,1-3H3,(H,10,12). The van der Waals surface area contributed by atoms with E-state index in [0.29, 0.717) is 18.1 Å². The maximum absolute atomic E-state index is 11.7. The summed E-state index contributed by atoms with van der Waals surface area (Å²) in [7, 11) is 3.95. The van der Waals surface area contributed by atoms with Crippen molar-refractivity contribution in [2.45, 2.75) is 6.92 Å². The van der Waals surface area contributed by atoms with E-state index in [-0.39, 0.29) is 5.91 Å². The van der Waals surface area contributed by atoms with E-state index in [1.165, 1.54) is 0 Å². The molecule has 84 valence electrons. The Morgan fingerprint density at radius 2 is 1.86 bits per heavy atom. The van der Waals surface area contributed by atoms with Crippen LogP contribution in [0, 0.1) is 5.41 Å². The average molecular weight is 236 g/mol. The Bertz CT molecular complexity index is 182. The number of carbonyl (C=O) groups excluding carboxylic acids is 1. The van der Waals surface area contributed by atoms with Crippen molar-refractivity contribution in [2.75, 3.05) is 38.7 Å². The lowest BCUT2D eigenvalue weighted by Crippen LogP contribution is -2.43. The van der Waals surface area contributed by atoms with E-state index in [9.17, 15) is 4.79 Å². The van der Waals surface area contributed by atoms with Gasteiger partial charge in [-0.1, -0.05) is 0 Å². The smallest absolute Gasteiger partial charge is 0.227 e. The first kappa shape index (κ1) is 14.1. The van der Waals surface area contributed by atoms with Crippen LogP contribution in [-0.4, -0.2) is 49.5 Å². The number of amides is 1. The first-order valence-electron chi connectivity index (χ1n) is 4.61. The molecule has 0 fully saturated rings. The minimum Gasteiger partial charge on any atom is -0.354 e. The fourth-order valence-electron chi connectivity index (χ4n) is 0.800. The fourth-order valence-corrected chi connectivity index (χ4v) is 1.49. The Morgan fingerprint density at radius 1 is 1.36 bits per heavy atom. The van der Waals surface area contributed by atoms with Crippen molar-refractivity contribution >= 4 is 31.2 Å². The van der Waals surface area contributed by atoms with E-state index in [1.54, 1.807) is 0 Å². The van der Waals surface area contributed by atoms with Gasteiger partial charge >= 0.3 is 0 Å². The first-order chi connectivity index (χ1) is 6.46. The van der Waals surface area contributed by atoms with Gasteiger partial charge in [-0.2, -0.15) is 25.3 Å². The van der Waals surface area contributed by atoms with Gasteiger partial charge in [-0.15, -0.1) is 0 Å². The third-order valence-corrected chi connectivity index (χ3v) is 3.49. The van der Waals surface area contributed by atoms with E-state index in [2.05, 4.69) is 30.6 Å². The van der Waals surface area contributed by atoms with Gasteiger partial charge in [0, 0.05) is 24.6 Å². The third kappa shape index (κ3) is 4.57. The summed E-state index contributed by atoms with van der Waals surface area (Å²) in [5.41, 5.74) is -0.460. The highest BCUT2D eigenvalue weighted by atomic mass is 32.1. The van der Waals surface area contributed by atoms with Gasteiger partial charge in [-0.05, 0) is 21.0 Å². The van der Waals surface area contributed by atoms with Crippen LogP contribution in [0.2, 0.25) is 0 Å². The summed E-state index contributed by atoms with van der Waals surface area (Å²) in [6, 6.07) is 0. The Morgan fingerprint density at radius 3 is 2.21 bits per heavy atom. The summed E-state index contributed by atoms with van der Waals surface area (Å²) in [4.78, 5) is 13.7. The molecule has 0 rings (SSSR count). The normalized spacial score (nSPS) is 11.9. The lowest BCUT2D eigenvalue weighted by atomic mass is 9.95. The molecule has 0 aromatic rings. The van der Waals surface area contributed by atoms with Crippen LogP contribution in [0.5, 0.6) is 0 Å². The first-order valence-corrected chi connectivity index (χ1v) is 5.87. The van der Waals surface area contributed by atoms with Crippen LogP contribution in [0.4, 0.5) is 0 Å². The lowest BCUT2D eigenvalue weighted by molar-refractivity contribution is -0.127. The van der Waals surface area contributed by atoms with Crippen molar-refractivity contribution in [3.63, 3.8) is 0 Å². The highest BCUT2D eigenvalue weighted by molar-refractivity contribution is 7.81. The highest BCUT2D eigenvalue weighted by Crippen LogP contribution is 2.19. The van der Waals surface area contributed by atoms with Crippen molar-refractivity contribution in [3.8, 4) is 0 Å². The molecule has 0 aliphatic carbocycles. The Kier molecular flexibility index (Phi) is 6.64. The van der Waals surface area contributed by atoms with Crippen LogP contribution >= 0.6 is 25.3 Å². The molecular formula is C9H20N2OS2. The number of rotatable bonds is 6. The molecule has 0 radical (unpaired) electrons. The van der Waals surface area contributed by atoms with E-state index in [4.69, 9.17) is 0 Å². The predicted octanol–water partition coefficient (Wildman–Crippen LogP) is 0.530. The molecule has 0 bridgehead atoms. The molecule has 0 aliphatic heterocycles. The molecule has 0 saturated carbocycles. The number of nitrogens with zero attached hydrogens (tertiary/aromatic N) is 1. The molecule has 14 heavy (non-hydrogen) atoms. The summed E-state index contributed by atoms with van der Waals surface area (Å²) in [5.74, 6) is 1.07. The zero-order valence-corrected chi connectivity index (χ0v) is 10.9. The molecule has 5 heteroatoms. The lowest BCUT2D eigenvalue weighted by Gasteiger charge is -2.24. The molecule has 0 heterocycles. The molecule has 0 unspecified atom stereocenters. The summed E-state index contributed by atoms with van der Waals surface area (Å²) in [6.07, 6.45) is 0. The zero-order chi connectivity index (χ0) is 11.2. The zero-order valence-electron chi connectivity index (χ0n) is 9.08. The number of nitrogens with one attached hydrogen (secondary N) is 1. The highest BCUT2D eigenvalue weighted by Gasteiger charge is 2.29. The number of likely N-dealkylation sites (N-methyl/N-ethyl adjacent to an activating group) is 1. The minimum absolute atomic E-state index is 0.0318. The number of hydrogen-bond donors (Lipinski definition) is 3. The van der Waals surface area contributed by atoms with Gasteiger partial charge in [0.1, 0.15) is 0 Å². The molecule has 0 saturated heterocycles. The topological polar surface area (TPSA) is 32.3 Å². The molecule has 1 N–H and O–H groups in total. The van der Waals surface area contributed by atoms with Crippen LogP contribution in [-0.2, 0) is 4.79 Å². The van der Waals surface area contributed by atoms with Crippen LogP contribution in [0.15, 0.2) is 0 Å². The summed E-state index contributed by atoms with van der Waals surface area (Å²) < 4.78 is 0. The quantitative estimate of drug-likeness (QED) is 0.588. The van der Waals surface area contributed by atoms with Crippen LogP contribution in [0.1, 0.15) is 6.92 Å². The molecule has 1 amide bonds. The minimum atomic E-state index is -0.460. The van der Waals surface area contributed by atoms with Crippen molar-refractivity contribution < 1.29 is 4.79 Å². The number of carbonyl (C=O) groups is 1.